The van der Waals surface area contributed by atoms with Gasteiger partial charge in [0.1, 0.15) is 5.75 Å². The van der Waals surface area contributed by atoms with Crippen LogP contribution in [-0.4, -0.2) is 25.7 Å². The van der Waals surface area contributed by atoms with Crippen LogP contribution in [0, 0.1) is 0 Å². The summed E-state index contributed by atoms with van der Waals surface area (Å²) in [5, 5.41) is 3.45. The quantitative estimate of drug-likeness (QED) is 0.794. The molecule has 1 aromatic carbocycles. The lowest BCUT2D eigenvalue weighted by atomic mass is 9.86. The first kappa shape index (κ1) is 11.4. The van der Waals surface area contributed by atoms with Gasteiger partial charge in [0.05, 0.1) is 7.11 Å². The van der Waals surface area contributed by atoms with E-state index < -0.39 is 0 Å². The zero-order valence-electron chi connectivity index (χ0n) is 9.94. The summed E-state index contributed by atoms with van der Waals surface area (Å²) in [4.78, 5) is 0. The van der Waals surface area contributed by atoms with Gasteiger partial charge in [0.25, 0.3) is 0 Å². The zero-order chi connectivity index (χ0) is 11.5. The van der Waals surface area contributed by atoms with E-state index in [1.165, 1.54) is 5.56 Å². The molecule has 1 aliphatic heterocycles. The van der Waals surface area contributed by atoms with Gasteiger partial charge < -0.3 is 15.8 Å². The average molecular weight is 220 g/mol. The third-order valence-corrected chi connectivity index (χ3v) is 3.46. The van der Waals surface area contributed by atoms with Gasteiger partial charge in [-0.25, -0.2) is 0 Å². The average Bonchev–Trinajstić information content (AvgIpc) is 2.32. The van der Waals surface area contributed by atoms with Crippen molar-refractivity contribution in [2.45, 2.75) is 31.3 Å². The highest BCUT2D eigenvalue weighted by Crippen LogP contribution is 2.31. The fourth-order valence-electron chi connectivity index (χ4n) is 2.34. The second kappa shape index (κ2) is 4.85. The standard InChI is InChI=1S/C13H20N2O/c1-9-12(14)7-10(8-15-9)11-5-3-4-6-13(11)16-2/h3-6,9-10,12,15H,7-8,14H2,1-2H3. The Labute approximate surface area is 97.0 Å². The van der Waals surface area contributed by atoms with E-state index in [2.05, 4.69) is 24.4 Å². The zero-order valence-corrected chi connectivity index (χ0v) is 9.94. The van der Waals surface area contributed by atoms with Gasteiger partial charge in [-0.05, 0) is 25.0 Å². The molecule has 3 heteroatoms. The fourth-order valence-corrected chi connectivity index (χ4v) is 2.34. The van der Waals surface area contributed by atoms with Gasteiger partial charge in [-0.3, -0.25) is 0 Å². The molecule has 88 valence electrons. The van der Waals surface area contributed by atoms with E-state index >= 15 is 0 Å². The molecule has 0 saturated carbocycles. The van der Waals surface area contributed by atoms with E-state index in [1.807, 2.05) is 12.1 Å². The molecule has 1 saturated heterocycles. The molecule has 3 unspecified atom stereocenters. The number of nitrogens with two attached hydrogens (primary N) is 1. The molecule has 0 aliphatic carbocycles. The van der Waals surface area contributed by atoms with Gasteiger partial charge in [0, 0.05) is 24.5 Å². The van der Waals surface area contributed by atoms with Crippen molar-refractivity contribution >= 4 is 0 Å². The van der Waals surface area contributed by atoms with Crippen LogP contribution in [0.25, 0.3) is 0 Å². The molecule has 1 fully saturated rings. The number of benzene rings is 1. The van der Waals surface area contributed by atoms with E-state index in [-0.39, 0.29) is 6.04 Å². The van der Waals surface area contributed by atoms with Crippen LogP contribution in [-0.2, 0) is 0 Å². The first-order chi connectivity index (χ1) is 7.72. The second-order valence-corrected chi connectivity index (χ2v) is 4.54. The topological polar surface area (TPSA) is 47.3 Å². The Balaban J connectivity index is 2.18. The molecule has 3 nitrogen and oxygen atoms in total. The van der Waals surface area contributed by atoms with Crippen LogP contribution in [0.2, 0.25) is 0 Å². The van der Waals surface area contributed by atoms with Gasteiger partial charge in [-0.1, -0.05) is 18.2 Å². The summed E-state index contributed by atoms with van der Waals surface area (Å²) in [5.74, 6) is 1.43. The fraction of sp³-hybridized carbons (Fsp3) is 0.538. The summed E-state index contributed by atoms with van der Waals surface area (Å²) in [7, 11) is 1.72. The van der Waals surface area contributed by atoms with Crippen LogP contribution in [0.1, 0.15) is 24.8 Å². The number of hydrogen-bond acceptors (Lipinski definition) is 3. The van der Waals surface area contributed by atoms with Gasteiger partial charge in [0.15, 0.2) is 0 Å². The van der Waals surface area contributed by atoms with Gasteiger partial charge in [0.2, 0.25) is 0 Å². The molecular weight excluding hydrogens is 200 g/mol. The molecule has 3 atom stereocenters. The van der Waals surface area contributed by atoms with Crippen molar-refractivity contribution in [1.29, 1.82) is 0 Å². The molecule has 0 spiro atoms. The number of rotatable bonds is 2. The summed E-state index contributed by atoms with van der Waals surface area (Å²) in [5.41, 5.74) is 7.36. The number of hydrogen-bond donors (Lipinski definition) is 2. The van der Waals surface area contributed by atoms with Crippen LogP contribution in [0.5, 0.6) is 5.75 Å². The maximum atomic E-state index is 6.09. The minimum absolute atomic E-state index is 0.226. The molecule has 3 N–H and O–H groups in total. The Kier molecular flexibility index (Phi) is 3.46. The molecule has 0 radical (unpaired) electrons. The summed E-state index contributed by atoms with van der Waals surface area (Å²) in [6.07, 6.45) is 1.02. The van der Waals surface area contributed by atoms with Crippen molar-refractivity contribution in [3.63, 3.8) is 0 Å². The first-order valence-corrected chi connectivity index (χ1v) is 5.84. The maximum Gasteiger partial charge on any atom is 0.122 e. The summed E-state index contributed by atoms with van der Waals surface area (Å²) in [6.45, 7) is 3.12. The normalized spacial score (nSPS) is 30.1. The maximum absolute atomic E-state index is 6.09. The van der Waals surface area contributed by atoms with Gasteiger partial charge >= 0.3 is 0 Å². The Morgan fingerprint density at radius 1 is 1.38 bits per heavy atom. The largest absolute Gasteiger partial charge is 0.496 e. The van der Waals surface area contributed by atoms with Crippen molar-refractivity contribution in [2.75, 3.05) is 13.7 Å². The second-order valence-electron chi connectivity index (χ2n) is 4.54. The highest BCUT2D eigenvalue weighted by atomic mass is 16.5. The highest BCUT2D eigenvalue weighted by molar-refractivity contribution is 5.37. The molecule has 1 aromatic rings. The molecule has 2 rings (SSSR count). The summed E-state index contributed by atoms with van der Waals surface area (Å²) >= 11 is 0. The van der Waals surface area contributed by atoms with E-state index in [0.29, 0.717) is 12.0 Å². The van der Waals surface area contributed by atoms with E-state index in [0.717, 1.165) is 18.7 Å². The van der Waals surface area contributed by atoms with E-state index in [9.17, 15) is 0 Å². The Hall–Kier alpha value is -1.06. The van der Waals surface area contributed by atoms with Crippen molar-refractivity contribution in [3.8, 4) is 5.75 Å². The lowest BCUT2D eigenvalue weighted by molar-refractivity contribution is 0.328. The predicted molar refractivity (Wildman–Crippen MR) is 65.8 cm³/mol. The molecule has 1 aliphatic rings. The lowest BCUT2D eigenvalue weighted by Gasteiger charge is -2.33. The van der Waals surface area contributed by atoms with Gasteiger partial charge in [-0.2, -0.15) is 0 Å². The third kappa shape index (κ3) is 2.20. The monoisotopic (exact) mass is 220 g/mol. The van der Waals surface area contributed by atoms with Crippen LogP contribution in [0.3, 0.4) is 0 Å². The molecule has 1 heterocycles. The van der Waals surface area contributed by atoms with Crippen molar-refractivity contribution in [2.24, 2.45) is 5.73 Å². The minimum atomic E-state index is 0.226. The van der Waals surface area contributed by atoms with Crippen LogP contribution in [0.4, 0.5) is 0 Å². The number of nitrogens with one attached hydrogen (secondary N) is 1. The van der Waals surface area contributed by atoms with Crippen LogP contribution < -0.4 is 15.8 Å². The first-order valence-electron chi connectivity index (χ1n) is 5.84. The van der Waals surface area contributed by atoms with Crippen LogP contribution in [0.15, 0.2) is 24.3 Å². The molecule has 0 aromatic heterocycles. The predicted octanol–water partition coefficient (Wildman–Crippen LogP) is 1.49. The summed E-state index contributed by atoms with van der Waals surface area (Å²) in [6, 6.07) is 8.84. The molecule has 0 bridgehead atoms. The Morgan fingerprint density at radius 3 is 2.81 bits per heavy atom. The third-order valence-electron chi connectivity index (χ3n) is 3.46. The number of methoxy groups -OCH3 is 1. The molecule has 16 heavy (non-hydrogen) atoms. The van der Waals surface area contributed by atoms with E-state index in [4.69, 9.17) is 10.5 Å². The van der Waals surface area contributed by atoms with Crippen molar-refractivity contribution in [1.82, 2.24) is 5.32 Å². The summed E-state index contributed by atoms with van der Waals surface area (Å²) < 4.78 is 5.39. The SMILES string of the molecule is COc1ccccc1C1CNC(C)C(N)C1. The van der Waals surface area contributed by atoms with E-state index in [1.54, 1.807) is 7.11 Å². The highest BCUT2D eigenvalue weighted by Gasteiger charge is 2.26. The van der Waals surface area contributed by atoms with Gasteiger partial charge in [-0.15, -0.1) is 0 Å². The number of ether oxygens (including phenoxy) is 1. The van der Waals surface area contributed by atoms with Crippen LogP contribution >= 0.6 is 0 Å². The number of piperidine rings is 1. The Morgan fingerprint density at radius 2 is 2.12 bits per heavy atom. The minimum Gasteiger partial charge on any atom is -0.496 e. The lowest BCUT2D eigenvalue weighted by Crippen LogP contribution is -2.50. The number of para-hydroxylation sites is 1. The molecule has 0 amide bonds. The Bertz CT molecular complexity index is 354. The molecular formula is C13H20N2O. The van der Waals surface area contributed by atoms with Crippen molar-refractivity contribution in [3.05, 3.63) is 29.8 Å². The smallest absolute Gasteiger partial charge is 0.122 e. The van der Waals surface area contributed by atoms with Crippen molar-refractivity contribution < 1.29 is 4.74 Å².